The Morgan fingerprint density at radius 1 is 1.26 bits per heavy atom. The van der Waals surface area contributed by atoms with Gasteiger partial charge < -0.3 is 13.8 Å². The number of benzene rings is 1. The van der Waals surface area contributed by atoms with Crippen molar-refractivity contribution in [2.24, 2.45) is 0 Å². The van der Waals surface area contributed by atoms with Gasteiger partial charge in [0.15, 0.2) is 16.8 Å². The van der Waals surface area contributed by atoms with Gasteiger partial charge in [0, 0.05) is 31.7 Å². The van der Waals surface area contributed by atoms with Gasteiger partial charge in [-0.15, -0.1) is 10.2 Å². The van der Waals surface area contributed by atoms with Gasteiger partial charge in [0.2, 0.25) is 5.89 Å². The molecule has 0 aliphatic heterocycles. The van der Waals surface area contributed by atoms with E-state index in [9.17, 15) is 0 Å². The molecule has 0 N–H and O–H groups in total. The highest BCUT2D eigenvalue weighted by Crippen LogP contribution is 2.30. The number of thioether (sulfide) groups is 1. The third-order valence-corrected chi connectivity index (χ3v) is 5.16. The first kappa shape index (κ1) is 19.9. The summed E-state index contributed by atoms with van der Waals surface area (Å²) in [6, 6.07) is 7.64. The molecule has 0 aliphatic rings. The van der Waals surface area contributed by atoms with Gasteiger partial charge in [0.25, 0.3) is 0 Å². The molecule has 3 rings (SSSR count). The molecular formula is C18H22ClN5O2S. The van der Waals surface area contributed by atoms with E-state index in [1.54, 1.807) is 7.11 Å². The van der Waals surface area contributed by atoms with Crippen molar-refractivity contribution < 1.29 is 9.26 Å². The zero-order valence-electron chi connectivity index (χ0n) is 15.6. The van der Waals surface area contributed by atoms with Crippen molar-refractivity contribution >= 4 is 23.4 Å². The minimum absolute atomic E-state index is 0.209. The third kappa shape index (κ3) is 4.88. The summed E-state index contributed by atoms with van der Waals surface area (Å²) in [4.78, 5) is 4.41. The van der Waals surface area contributed by atoms with Crippen molar-refractivity contribution in [3.63, 3.8) is 0 Å². The average molecular weight is 408 g/mol. The fourth-order valence-corrected chi connectivity index (χ4v) is 3.52. The number of methoxy groups -OCH3 is 1. The van der Waals surface area contributed by atoms with Crippen LogP contribution in [0.2, 0.25) is 5.02 Å². The summed E-state index contributed by atoms with van der Waals surface area (Å²) in [7, 11) is 1.69. The molecule has 2 heterocycles. The topological polar surface area (TPSA) is 78.9 Å². The van der Waals surface area contributed by atoms with Crippen molar-refractivity contribution in [2.75, 3.05) is 13.7 Å². The van der Waals surface area contributed by atoms with Crippen LogP contribution in [0, 0.1) is 0 Å². The molecule has 0 radical (unpaired) electrons. The molecule has 0 saturated carbocycles. The zero-order valence-corrected chi connectivity index (χ0v) is 17.1. The number of hydrogen-bond acceptors (Lipinski definition) is 7. The number of ether oxygens (including phenoxy) is 1. The Balaban J connectivity index is 1.82. The van der Waals surface area contributed by atoms with E-state index in [0.717, 1.165) is 29.5 Å². The Labute approximate surface area is 167 Å². The quantitative estimate of drug-likeness (QED) is 0.383. The summed E-state index contributed by atoms with van der Waals surface area (Å²) in [5.41, 5.74) is 0.859. The maximum absolute atomic E-state index is 6.36. The standard InChI is InChI=1S/C18H22ClN5O2S/c1-12(2)17-20-15(23-26-17)11-27-18-22-21-16(24(18)9-6-10-25-3)13-7-4-5-8-14(13)19/h4-5,7-8,12H,6,9-11H2,1-3H3. The van der Waals surface area contributed by atoms with Crippen LogP contribution in [-0.2, 0) is 17.0 Å². The van der Waals surface area contributed by atoms with Gasteiger partial charge in [-0.05, 0) is 18.6 Å². The molecule has 0 spiro atoms. The third-order valence-electron chi connectivity index (χ3n) is 3.87. The van der Waals surface area contributed by atoms with Crippen molar-refractivity contribution in [1.82, 2.24) is 24.9 Å². The number of aromatic nitrogens is 5. The van der Waals surface area contributed by atoms with Crippen LogP contribution in [0.4, 0.5) is 0 Å². The van der Waals surface area contributed by atoms with Crippen molar-refractivity contribution in [2.45, 2.75) is 43.6 Å². The molecule has 0 atom stereocenters. The van der Waals surface area contributed by atoms with Gasteiger partial charge in [-0.25, -0.2) is 0 Å². The second kappa shape index (κ2) is 9.34. The lowest BCUT2D eigenvalue weighted by atomic mass is 10.2. The van der Waals surface area contributed by atoms with E-state index < -0.39 is 0 Å². The summed E-state index contributed by atoms with van der Waals surface area (Å²) in [6.07, 6.45) is 0.846. The maximum Gasteiger partial charge on any atom is 0.229 e. The molecule has 0 fully saturated rings. The largest absolute Gasteiger partial charge is 0.385 e. The Kier molecular flexibility index (Phi) is 6.87. The van der Waals surface area contributed by atoms with E-state index in [2.05, 4.69) is 24.9 Å². The summed E-state index contributed by atoms with van der Waals surface area (Å²) in [5, 5.41) is 14.2. The molecule has 1 aromatic carbocycles. The number of halogens is 1. The van der Waals surface area contributed by atoms with Crippen LogP contribution >= 0.6 is 23.4 Å². The van der Waals surface area contributed by atoms with Crippen molar-refractivity contribution in [1.29, 1.82) is 0 Å². The van der Waals surface area contributed by atoms with E-state index >= 15 is 0 Å². The highest BCUT2D eigenvalue weighted by molar-refractivity contribution is 7.98. The molecule has 27 heavy (non-hydrogen) atoms. The predicted molar refractivity (Wildman–Crippen MR) is 105 cm³/mol. The average Bonchev–Trinajstić information content (AvgIpc) is 3.28. The Morgan fingerprint density at radius 3 is 2.78 bits per heavy atom. The smallest absolute Gasteiger partial charge is 0.229 e. The SMILES string of the molecule is COCCCn1c(SCc2noc(C(C)C)n2)nnc1-c1ccccc1Cl. The van der Waals surface area contributed by atoms with Gasteiger partial charge in [-0.2, -0.15) is 4.98 Å². The summed E-state index contributed by atoms with van der Waals surface area (Å²) < 4.78 is 12.5. The molecule has 0 saturated heterocycles. The lowest BCUT2D eigenvalue weighted by Gasteiger charge is -2.10. The maximum atomic E-state index is 6.36. The first-order valence-electron chi connectivity index (χ1n) is 8.72. The van der Waals surface area contributed by atoms with Crippen molar-refractivity contribution in [3.8, 4) is 11.4 Å². The van der Waals surface area contributed by atoms with E-state index in [-0.39, 0.29) is 5.92 Å². The Bertz CT molecular complexity index is 880. The fourth-order valence-electron chi connectivity index (χ4n) is 2.50. The Hall–Kier alpha value is -1.90. The highest BCUT2D eigenvalue weighted by Gasteiger charge is 2.18. The van der Waals surface area contributed by atoms with Crippen LogP contribution in [0.15, 0.2) is 33.9 Å². The minimum atomic E-state index is 0.209. The first-order valence-corrected chi connectivity index (χ1v) is 10.1. The molecule has 2 aromatic heterocycles. The molecule has 9 heteroatoms. The number of nitrogens with zero attached hydrogens (tertiary/aromatic N) is 5. The lowest BCUT2D eigenvalue weighted by molar-refractivity contribution is 0.189. The molecule has 0 aliphatic carbocycles. The fraction of sp³-hybridized carbons (Fsp3) is 0.444. The van der Waals surface area contributed by atoms with Gasteiger partial charge in [0.1, 0.15) is 0 Å². The second-order valence-corrected chi connectivity index (χ2v) is 7.63. The predicted octanol–water partition coefficient (Wildman–Crippen LogP) is 4.43. The van der Waals surface area contributed by atoms with Crippen LogP contribution in [0.1, 0.15) is 37.9 Å². The van der Waals surface area contributed by atoms with E-state index in [1.807, 2.05) is 38.1 Å². The molecule has 144 valence electrons. The monoisotopic (exact) mass is 407 g/mol. The molecular weight excluding hydrogens is 386 g/mol. The van der Waals surface area contributed by atoms with Crippen LogP contribution < -0.4 is 0 Å². The summed E-state index contributed by atoms with van der Waals surface area (Å²) in [6.45, 7) is 5.43. The van der Waals surface area contributed by atoms with Crippen LogP contribution in [-0.4, -0.2) is 38.6 Å². The van der Waals surface area contributed by atoms with E-state index in [1.165, 1.54) is 11.8 Å². The lowest BCUT2D eigenvalue weighted by Crippen LogP contribution is -2.05. The second-order valence-electron chi connectivity index (χ2n) is 6.28. The van der Waals surface area contributed by atoms with Crippen molar-refractivity contribution in [3.05, 3.63) is 41.0 Å². The Morgan fingerprint density at radius 2 is 2.07 bits per heavy atom. The summed E-state index contributed by atoms with van der Waals surface area (Å²) >= 11 is 7.89. The van der Waals surface area contributed by atoms with Gasteiger partial charge in [-0.3, -0.25) is 0 Å². The number of hydrogen-bond donors (Lipinski definition) is 0. The zero-order chi connectivity index (χ0) is 19.2. The minimum Gasteiger partial charge on any atom is -0.385 e. The van der Waals surface area contributed by atoms with Gasteiger partial charge in [-0.1, -0.05) is 54.5 Å². The molecule has 0 amide bonds. The van der Waals surface area contributed by atoms with Crippen LogP contribution in [0.25, 0.3) is 11.4 Å². The molecule has 0 unspecified atom stereocenters. The molecule has 3 aromatic rings. The normalized spacial score (nSPS) is 11.4. The summed E-state index contributed by atoms with van der Waals surface area (Å²) in [5.74, 6) is 2.80. The van der Waals surface area contributed by atoms with E-state index in [0.29, 0.717) is 29.1 Å². The van der Waals surface area contributed by atoms with Crippen LogP contribution in [0.5, 0.6) is 0 Å². The van der Waals surface area contributed by atoms with Crippen LogP contribution in [0.3, 0.4) is 0 Å². The van der Waals surface area contributed by atoms with Gasteiger partial charge >= 0.3 is 0 Å². The molecule has 0 bridgehead atoms. The molecule has 7 nitrogen and oxygen atoms in total. The highest BCUT2D eigenvalue weighted by atomic mass is 35.5. The van der Waals surface area contributed by atoms with Gasteiger partial charge in [0.05, 0.1) is 10.8 Å². The number of rotatable bonds is 9. The first-order chi connectivity index (χ1) is 13.1. The van der Waals surface area contributed by atoms with E-state index in [4.69, 9.17) is 20.9 Å².